The maximum atomic E-state index is 6.11. The van der Waals surface area contributed by atoms with Crippen molar-refractivity contribution >= 4 is 27.5 Å². The van der Waals surface area contributed by atoms with E-state index in [1.54, 1.807) is 6.20 Å². The van der Waals surface area contributed by atoms with Crippen LogP contribution < -0.4 is 0 Å². The minimum absolute atomic E-state index is 0.544. The van der Waals surface area contributed by atoms with Crippen LogP contribution in [0.25, 0.3) is 0 Å². The lowest BCUT2D eigenvalue weighted by Crippen LogP contribution is -2.06. The van der Waals surface area contributed by atoms with E-state index in [1.807, 2.05) is 12.3 Å². The average Bonchev–Trinajstić information content (AvgIpc) is 2.82. The first kappa shape index (κ1) is 13.4. The van der Waals surface area contributed by atoms with Crippen molar-refractivity contribution in [2.24, 2.45) is 5.92 Å². The lowest BCUT2D eigenvalue weighted by molar-refractivity contribution is 0.479. The normalized spacial score (nSPS) is 18.5. The van der Waals surface area contributed by atoms with Crippen LogP contribution in [0.3, 0.4) is 0 Å². The number of hydrogen-bond acceptors (Lipinski definition) is 1. The molecule has 1 nitrogen and oxygen atoms in total. The van der Waals surface area contributed by atoms with Gasteiger partial charge in [-0.25, -0.2) is 0 Å². The number of aromatic nitrogens is 1. The minimum Gasteiger partial charge on any atom is -0.263 e. The molecule has 1 aliphatic carbocycles. The van der Waals surface area contributed by atoms with Crippen LogP contribution in [0.2, 0.25) is 5.02 Å². The molecular formula is C14H19BrClN. The van der Waals surface area contributed by atoms with Crippen LogP contribution in [0.1, 0.15) is 44.1 Å². The summed E-state index contributed by atoms with van der Waals surface area (Å²) in [5, 5.41) is 0.790. The van der Waals surface area contributed by atoms with Gasteiger partial charge in [0.05, 0.1) is 5.02 Å². The fourth-order valence-corrected chi connectivity index (χ4v) is 3.44. The van der Waals surface area contributed by atoms with Gasteiger partial charge in [-0.15, -0.1) is 0 Å². The van der Waals surface area contributed by atoms with Crippen molar-refractivity contribution in [3.63, 3.8) is 0 Å². The van der Waals surface area contributed by atoms with Crippen LogP contribution >= 0.6 is 27.5 Å². The SMILES string of the molecule is Clc1cnccc1CC(Br)CCC1CCCC1. The van der Waals surface area contributed by atoms with Crippen molar-refractivity contribution in [1.82, 2.24) is 4.98 Å². The Kier molecular flexibility index (Phi) is 5.30. The molecule has 0 aromatic carbocycles. The largest absolute Gasteiger partial charge is 0.263 e. The van der Waals surface area contributed by atoms with Crippen molar-refractivity contribution in [1.29, 1.82) is 0 Å². The Labute approximate surface area is 117 Å². The van der Waals surface area contributed by atoms with E-state index in [1.165, 1.54) is 44.1 Å². The first-order chi connectivity index (χ1) is 8.25. The third-order valence-corrected chi connectivity index (χ3v) is 4.78. The van der Waals surface area contributed by atoms with E-state index in [0.29, 0.717) is 4.83 Å². The van der Waals surface area contributed by atoms with Crippen LogP contribution in [0.5, 0.6) is 0 Å². The zero-order valence-corrected chi connectivity index (χ0v) is 12.4. The summed E-state index contributed by atoms with van der Waals surface area (Å²) >= 11 is 9.89. The third-order valence-electron chi connectivity index (χ3n) is 3.66. The van der Waals surface area contributed by atoms with Gasteiger partial charge in [0, 0.05) is 17.2 Å². The van der Waals surface area contributed by atoms with Crippen LogP contribution in [0, 0.1) is 5.92 Å². The highest BCUT2D eigenvalue weighted by Crippen LogP contribution is 2.30. The Morgan fingerprint density at radius 2 is 2.18 bits per heavy atom. The van der Waals surface area contributed by atoms with Gasteiger partial charge in [-0.2, -0.15) is 0 Å². The minimum atomic E-state index is 0.544. The van der Waals surface area contributed by atoms with Gasteiger partial charge >= 0.3 is 0 Å². The van der Waals surface area contributed by atoms with Gasteiger partial charge in [-0.1, -0.05) is 53.2 Å². The first-order valence-corrected chi connectivity index (χ1v) is 7.77. The second-order valence-electron chi connectivity index (χ2n) is 5.00. The van der Waals surface area contributed by atoms with Crippen LogP contribution in [0.4, 0.5) is 0 Å². The van der Waals surface area contributed by atoms with Crippen molar-refractivity contribution in [2.75, 3.05) is 0 Å². The molecule has 3 heteroatoms. The van der Waals surface area contributed by atoms with Gasteiger partial charge < -0.3 is 0 Å². The molecule has 0 bridgehead atoms. The van der Waals surface area contributed by atoms with Crippen molar-refractivity contribution < 1.29 is 0 Å². The molecule has 0 saturated heterocycles. The van der Waals surface area contributed by atoms with Gasteiger partial charge in [0.2, 0.25) is 0 Å². The zero-order valence-electron chi connectivity index (χ0n) is 10.0. The summed E-state index contributed by atoms with van der Waals surface area (Å²) in [5.74, 6) is 0.975. The maximum absolute atomic E-state index is 6.11. The van der Waals surface area contributed by atoms with Crippen LogP contribution in [0.15, 0.2) is 18.5 Å². The standard InChI is InChI=1S/C14H19BrClN/c15-13(6-5-11-3-1-2-4-11)9-12-7-8-17-10-14(12)16/h7-8,10-11,13H,1-6,9H2. The van der Waals surface area contributed by atoms with Gasteiger partial charge in [0.25, 0.3) is 0 Å². The molecule has 17 heavy (non-hydrogen) atoms. The lowest BCUT2D eigenvalue weighted by atomic mass is 9.98. The van der Waals surface area contributed by atoms with Crippen LogP contribution in [-0.2, 0) is 6.42 Å². The van der Waals surface area contributed by atoms with E-state index in [9.17, 15) is 0 Å². The van der Waals surface area contributed by atoms with E-state index in [0.717, 1.165) is 17.4 Å². The smallest absolute Gasteiger partial charge is 0.0621 e. The molecule has 0 spiro atoms. The zero-order chi connectivity index (χ0) is 12.1. The monoisotopic (exact) mass is 315 g/mol. The van der Waals surface area contributed by atoms with Gasteiger partial charge in [0.1, 0.15) is 0 Å². The summed E-state index contributed by atoms with van der Waals surface area (Å²) in [4.78, 5) is 4.56. The van der Waals surface area contributed by atoms with Crippen molar-refractivity contribution in [3.8, 4) is 0 Å². The second kappa shape index (κ2) is 6.75. The lowest BCUT2D eigenvalue weighted by Gasteiger charge is -2.13. The fraction of sp³-hybridized carbons (Fsp3) is 0.643. The molecule has 2 rings (SSSR count). The molecule has 1 fully saturated rings. The Morgan fingerprint density at radius 3 is 2.88 bits per heavy atom. The molecule has 1 aliphatic rings. The number of hydrogen-bond donors (Lipinski definition) is 0. The summed E-state index contributed by atoms with van der Waals surface area (Å²) in [6.07, 6.45) is 12.9. The van der Waals surface area contributed by atoms with E-state index in [4.69, 9.17) is 11.6 Å². The molecular weight excluding hydrogens is 298 g/mol. The molecule has 0 N–H and O–H groups in total. The van der Waals surface area contributed by atoms with Gasteiger partial charge in [0.15, 0.2) is 0 Å². The fourth-order valence-electron chi connectivity index (χ4n) is 2.63. The quantitative estimate of drug-likeness (QED) is 0.696. The molecule has 0 amide bonds. The number of alkyl halides is 1. The number of halogens is 2. The van der Waals surface area contributed by atoms with E-state index in [-0.39, 0.29) is 0 Å². The Bertz CT molecular complexity index is 350. The van der Waals surface area contributed by atoms with Gasteiger partial charge in [-0.3, -0.25) is 4.98 Å². The molecule has 1 aromatic heterocycles. The highest BCUT2D eigenvalue weighted by Gasteiger charge is 2.16. The van der Waals surface area contributed by atoms with E-state index < -0.39 is 0 Å². The Balaban J connectivity index is 1.76. The molecule has 1 unspecified atom stereocenters. The molecule has 1 heterocycles. The molecule has 1 atom stereocenters. The maximum Gasteiger partial charge on any atom is 0.0621 e. The summed E-state index contributed by atoms with van der Waals surface area (Å²) in [6, 6.07) is 2.02. The highest BCUT2D eigenvalue weighted by molar-refractivity contribution is 9.09. The summed E-state index contributed by atoms with van der Waals surface area (Å²) in [7, 11) is 0. The van der Waals surface area contributed by atoms with E-state index in [2.05, 4.69) is 20.9 Å². The highest BCUT2D eigenvalue weighted by atomic mass is 79.9. The molecule has 94 valence electrons. The number of nitrogens with zero attached hydrogens (tertiary/aromatic N) is 1. The summed E-state index contributed by atoms with van der Waals surface area (Å²) in [6.45, 7) is 0. The summed E-state index contributed by atoms with van der Waals surface area (Å²) < 4.78 is 0. The topological polar surface area (TPSA) is 12.9 Å². The van der Waals surface area contributed by atoms with Crippen molar-refractivity contribution in [2.45, 2.75) is 49.8 Å². The van der Waals surface area contributed by atoms with Crippen molar-refractivity contribution in [3.05, 3.63) is 29.0 Å². The molecule has 1 aromatic rings. The molecule has 1 saturated carbocycles. The second-order valence-corrected chi connectivity index (χ2v) is 6.70. The summed E-state index contributed by atoms with van der Waals surface area (Å²) in [5.41, 5.74) is 1.20. The molecule has 0 aliphatic heterocycles. The third kappa shape index (κ3) is 4.26. The number of pyridine rings is 1. The Morgan fingerprint density at radius 1 is 1.41 bits per heavy atom. The Hall–Kier alpha value is -0.0800. The van der Waals surface area contributed by atoms with Gasteiger partial charge in [-0.05, 0) is 36.8 Å². The first-order valence-electron chi connectivity index (χ1n) is 6.48. The predicted molar refractivity (Wildman–Crippen MR) is 76.9 cm³/mol. The van der Waals surface area contributed by atoms with Crippen LogP contribution in [-0.4, -0.2) is 9.81 Å². The predicted octanol–water partition coefficient (Wildman–Crippen LogP) is 5.01. The average molecular weight is 317 g/mol. The molecule has 0 radical (unpaired) electrons. The van der Waals surface area contributed by atoms with E-state index >= 15 is 0 Å². The number of rotatable bonds is 5.